The summed E-state index contributed by atoms with van der Waals surface area (Å²) < 4.78 is 0. The van der Waals surface area contributed by atoms with Gasteiger partial charge in [0.15, 0.2) is 11.6 Å². The molecule has 0 spiro atoms. The molecule has 0 atom stereocenters. The number of nitrogens with zero attached hydrogens (tertiary/aromatic N) is 1. The predicted molar refractivity (Wildman–Crippen MR) is 49.0 cm³/mol. The van der Waals surface area contributed by atoms with Crippen molar-refractivity contribution < 1.29 is 9.59 Å². The molecule has 0 amide bonds. The second-order valence-electron chi connectivity index (χ2n) is 2.94. The Hall–Kier alpha value is -1.51. The minimum Gasteiger partial charge on any atom is -0.294 e. The van der Waals surface area contributed by atoms with E-state index in [2.05, 4.69) is 4.98 Å². The quantitative estimate of drug-likeness (QED) is 0.647. The minimum absolute atomic E-state index is 0.0277. The van der Waals surface area contributed by atoms with Gasteiger partial charge >= 0.3 is 0 Å². The fourth-order valence-electron chi connectivity index (χ4n) is 1.13. The van der Waals surface area contributed by atoms with Crippen LogP contribution in [-0.4, -0.2) is 16.6 Å². The number of ketones is 2. The highest BCUT2D eigenvalue weighted by molar-refractivity contribution is 5.97. The summed E-state index contributed by atoms with van der Waals surface area (Å²) >= 11 is 0. The van der Waals surface area contributed by atoms with Crippen molar-refractivity contribution in [2.75, 3.05) is 0 Å². The summed E-state index contributed by atoms with van der Waals surface area (Å²) in [5, 5.41) is 0. The maximum atomic E-state index is 11.0. The molecule has 0 radical (unpaired) electrons. The van der Waals surface area contributed by atoms with Gasteiger partial charge in [-0.3, -0.25) is 9.59 Å². The average molecular weight is 177 g/mol. The minimum atomic E-state index is -0.0850. The Kier molecular flexibility index (Phi) is 2.56. The highest BCUT2D eigenvalue weighted by Gasteiger charge is 2.07. The van der Waals surface area contributed by atoms with E-state index in [1.54, 1.807) is 19.1 Å². The van der Waals surface area contributed by atoms with Crippen molar-refractivity contribution in [3.05, 3.63) is 29.1 Å². The molecule has 1 heterocycles. The van der Waals surface area contributed by atoms with Gasteiger partial charge in [-0.05, 0) is 26.0 Å². The van der Waals surface area contributed by atoms with Crippen LogP contribution in [-0.2, 0) is 0 Å². The maximum Gasteiger partial charge on any atom is 0.178 e. The Morgan fingerprint density at radius 3 is 2.15 bits per heavy atom. The van der Waals surface area contributed by atoms with E-state index in [0.717, 1.165) is 0 Å². The van der Waals surface area contributed by atoms with Gasteiger partial charge < -0.3 is 0 Å². The molecule has 1 rings (SSSR count). The van der Waals surface area contributed by atoms with E-state index in [9.17, 15) is 9.59 Å². The van der Waals surface area contributed by atoms with E-state index in [4.69, 9.17) is 0 Å². The van der Waals surface area contributed by atoms with Crippen LogP contribution in [0.25, 0.3) is 0 Å². The number of carbonyl (C=O) groups is 2. The molecule has 0 N–H and O–H groups in total. The Balaban J connectivity index is 3.20. The number of pyridine rings is 1. The van der Waals surface area contributed by atoms with E-state index in [-0.39, 0.29) is 11.6 Å². The van der Waals surface area contributed by atoms with Gasteiger partial charge in [-0.1, -0.05) is 0 Å². The topological polar surface area (TPSA) is 47.0 Å². The summed E-state index contributed by atoms with van der Waals surface area (Å²) in [5.41, 5.74) is 1.59. The Morgan fingerprint density at radius 1 is 1.15 bits per heavy atom. The second-order valence-corrected chi connectivity index (χ2v) is 2.94. The van der Waals surface area contributed by atoms with Crippen molar-refractivity contribution >= 4 is 11.6 Å². The van der Waals surface area contributed by atoms with Gasteiger partial charge in [0.1, 0.15) is 5.69 Å². The van der Waals surface area contributed by atoms with E-state index >= 15 is 0 Å². The summed E-state index contributed by atoms with van der Waals surface area (Å²) in [6.07, 6.45) is 0. The molecule has 0 fully saturated rings. The predicted octanol–water partition coefficient (Wildman–Crippen LogP) is 1.80. The van der Waals surface area contributed by atoms with Crippen LogP contribution in [0.1, 0.15) is 40.4 Å². The highest BCUT2D eigenvalue weighted by atomic mass is 16.1. The van der Waals surface area contributed by atoms with Crippen LogP contribution in [0.2, 0.25) is 0 Å². The number of Topliss-reactive ketones (excluding diaryl/α,β-unsaturated/α-hetero) is 2. The van der Waals surface area contributed by atoms with E-state index in [1.807, 2.05) is 0 Å². The smallest absolute Gasteiger partial charge is 0.178 e. The van der Waals surface area contributed by atoms with E-state index in [1.165, 1.54) is 13.8 Å². The van der Waals surface area contributed by atoms with Crippen LogP contribution in [0.3, 0.4) is 0 Å². The van der Waals surface area contributed by atoms with Crippen LogP contribution in [0.4, 0.5) is 0 Å². The molecule has 0 saturated heterocycles. The molecule has 0 aliphatic rings. The number of hydrogen-bond acceptors (Lipinski definition) is 3. The first-order chi connectivity index (χ1) is 6.02. The van der Waals surface area contributed by atoms with E-state index < -0.39 is 0 Å². The van der Waals surface area contributed by atoms with Crippen molar-refractivity contribution in [2.24, 2.45) is 0 Å². The maximum absolute atomic E-state index is 11.0. The number of rotatable bonds is 2. The summed E-state index contributed by atoms with van der Waals surface area (Å²) in [5.74, 6) is -0.113. The molecule has 1 aromatic heterocycles. The Morgan fingerprint density at radius 2 is 1.77 bits per heavy atom. The zero-order valence-electron chi connectivity index (χ0n) is 7.92. The molecule has 0 unspecified atom stereocenters. The Bertz CT molecular complexity index is 369. The van der Waals surface area contributed by atoms with Gasteiger partial charge in [0.2, 0.25) is 0 Å². The van der Waals surface area contributed by atoms with Crippen LogP contribution in [0.15, 0.2) is 12.1 Å². The standard InChI is InChI=1S/C10H11NO2/c1-6-9(7(2)12)4-5-10(11-6)8(3)13/h4-5H,1-3H3. The zero-order chi connectivity index (χ0) is 10.0. The lowest BCUT2D eigenvalue weighted by Crippen LogP contribution is -2.03. The third-order valence-corrected chi connectivity index (χ3v) is 1.83. The van der Waals surface area contributed by atoms with Crippen molar-refractivity contribution in [1.29, 1.82) is 0 Å². The average Bonchev–Trinajstić information content (AvgIpc) is 2.03. The molecule has 68 valence electrons. The van der Waals surface area contributed by atoms with Crippen molar-refractivity contribution in [2.45, 2.75) is 20.8 Å². The number of hydrogen-bond donors (Lipinski definition) is 0. The first kappa shape index (κ1) is 9.58. The van der Waals surface area contributed by atoms with Crippen molar-refractivity contribution in [1.82, 2.24) is 4.98 Å². The lowest BCUT2D eigenvalue weighted by atomic mass is 10.1. The monoisotopic (exact) mass is 177 g/mol. The largest absolute Gasteiger partial charge is 0.294 e. The normalized spacial score (nSPS) is 9.77. The van der Waals surface area contributed by atoms with Gasteiger partial charge in [0, 0.05) is 18.2 Å². The van der Waals surface area contributed by atoms with Crippen LogP contribution in [0.5, 0.6) is 0 Å². The number of aryl methyl sites for hydroxylation is 1. The van der Waals surface area contributed by atoms with Gasteiger partial charge in [0.05, 0.1) is 0 Å². The van der Waals surface area contributed by atoms with Crippen LogP contribution in [0, 0.1) is 6.92 Å². The third kappa shape index (κ3) is 1.99. The van der Waals surface area contributed by atoms with Crippen LogP contribution < -0.4 is 0 Å². The van der Waals surface area contributed by atoms with Gasteiger partial charge in [-0.2, -0.15) is 0 Å². The molecule has 3 heteroatoms. The molecule has 3 nitrogen and oxygen atoms in total. The molecular weight excluding hydrogens is 166 g/mol. The first-order valence-electron chi connectivity index (χ1n) is 4.02. The zero-order valence-corrected chi connectivity index (χ0v) is 7.92. The highest BCUT2D eigenvalue weighted by Crippen LogP contribution is 2.07. The van der Waals surface area contributed by atoms with Crippen LogP contribution >= 0.6 is 0 Å². The number of aromatic nitrogens is 1. The molecular formula is C10H11NO2. The molecule has 0 aliphatic heterocycles. The lowest BCUT2D eigenvalue weighted by Gasteiger charge is -2.01. The SMILES string of the molecule is CC(=O)c1ccc(C(C)=O)c(C)n1. The third-order valence-electron chi connectivity index (χ3n) is 1.83. The van der Waals surface area contributed by atoms with E-state index in [0.29, 0.717) is 17.0 Å². The molecule has 0 saturated carbocycles. The summed E-state index contributed by atoms with van der Waals surface area (Å²) in [6.45, 7) is 4.66. The molecule has 0 aliphatic carbocycles. The van der Waals surface area contributed by atoms with Gasteiger partial charge in [-0.25, -0.2) is 4.98 Å². The molecule has 13 heavy (non-hydrogen) atoms. The number of carbonyl (C=O) groups excluding carboxylic acids is 2. The molecule has 0 bridgehead atoms. The van der Waals surface area contributed by atoms with Crippen molar-refractivity contribution in [3.8, 4) is 0 Å². The summed E-state index contributed by atoms with van der Waals surface area (Å²) in [7, 11) is 0. The first-order valence-corrected chi connectivity index (χ1v) is 4.02. The van der Waals surface area contributed by atoms with Gasteiger partial charge in [0.25, 0.3) is 0 Å². The fourth-order valence-corrected chi connectivity index (χ4v) is 1.13. The van der Waals surface area contributed by atoms with Gasteiger partial charge in [-0.15, -0.1) is 0 Å². The fraction of sp³-hybridized carbons (Fsp3) is 0.300. The molecule has 1 aromatic rings. The second kappa shape index (κ2) is 3.47. The molecule has 0 aromatic carbocycles. The lowest BCUT2D eigenvalue weighted by molar-refractivity contribution is 0.0996. The summed E-state index contributed by atoms with van der Waals surface area (Å²) in [4.78, 5) is 26.0. The Labute approximate surface area is 76.8 Å². The van der Waals surface area contributed by atoms with Crippen molar-refractivity contribution in [3.63, 3.8) is 0 Å². The summed E-state index contributed by atoms with van der Waals surface area (Å²) in [6, 6.07) is 3.22.